The second-order valence-electron chi connectivity index (χ2n) is 4.09. The van der Waals surface area contributed by atoms with E-state index in [4.69, 9.17) is 10.4 Å². The molecule has 1 aromatic heterocycles. The summed E-state index contributed by atoms with van der Waals surface area (Å²) >= 11 is 1.15. The standard InChI is InChI=1S/C12H15N3O3S/c1-8(2)15(6-3-5-13)12(18)14-10-9(11(16)17)4-7-19-10/h4,7-8H,3,6H2,1-2H3,(H,14,18)(H,16,17). The van der Waals surface area contributed by atoms with Crippen LogP contribution >= 0.6 is 11.3 Å². The summed E-state index contributed by atoms with van der Waals surface area (Å²) in [5.74, 6) is -1.08. The number of nitrogens with one attached hydrogen (secondary N) is 1. The van der Waals surface area contributed by atoms with Crippen LogP contribution in [0.25, 0.3) is 0 Å². The lowest BCUT2D eigenvalue weighted by molar-refractivity contribution is 0.0698. The van der Waals surface area contributed by atoms with Gasteiger partial charge >= 0.3 is 12.0 Å². The number of hydrogen-bond donors (Lipinski definition) is 2. The van der Waals surface area contributed by atoms with Crippen molar-refractivity contribution in [1.29, 1.82) is 5.26 Å². The molecule has 7 heteroatoms. The molecule has 0 saturated heterocycles. The first kappa shape index (κ1) is 15.0. The fourth-order valence-electron chi connectivity index (χ4n) is 1.51. The highest BCUT2D eigenvalue weighted by Gasteiger charge is 2.20. The molecular weight excluding hydrogens is 266 g/mol. The molecule has 0 fully saturated rings. The van der Waals surface area contributed by atoms with Crippen LogP contribution in [-0.2, 0) is 0 Å². The third-order valence-corrected chi connectivity index (χ3v) is 3.29. The minimum atomic E-state index is -1.08. The zero-order valence-corrected chi connectivity index (χ0v) is 11.5. The predicted octanol–water partition coefficient (Wildman–Crippen LogP) is 2.60. The van der Waals surface area contributed by atoms with Gasteiger partial charge in [-0.1, -0.05) is 0 Å². The maximum absolute atomic E-state index is 12.1. The maximum Gasteiger partial charge on any atom is 0.338 e. The summed E-state index contributed by atoms with van der Waals surface area (Å²) < 4.78 is 0. The fourth-order valence-corrected chi connectivity index (χ4v) is 2.28. The van der Waals surface area contributed by atoms with E-state index in [1.54, 1.807) is 5.38 Å². The van der Waals surface area contributed by atoms with Gasteiger partial charge in [-0.3, -0.25) is 5.32 Å². The van der Waals surface area contributed by atoms with Crippen LogP contribution in [0.1, 0.15) is 30.6 Å². The van der Waals surface area contributed by atoms with Crippen LogP contribution in [0.4, 0.5) is 9.80 Å². The van der Waals surface area contributed by atoms with Crippen LogP contribution < -0.4 is 5.32 Å². The summed E-state index contributed by atoms with van der Waals surface area (Å²) in [4.78, 5) is 24.5. The minimum absolute atomic E-state index is 0.0680. The lowest BCUT2D eigenvalue weighted by atomic mass is 10.3. The Labute approximate surface area is 115 Å². The average molecular weight is 281 g/mol. The highest BCUT2D eigenvalue weighted by molar-refractivity contribution is 7.14. The molecule has 0 aromatic carbocycles. The number of amides is 2. The number of carboxylic acids is 1. The molecule has 2 N–H and O–H groups in total. The second-order valence-corrected chi connectivity index (χ2v) is 5.01. The summed E-state index contributed by atoms with van der Waals surface area (Å²) in [6.07, 6.45) is 0.238. The number of aromatic carboxylic acids is 1. The van der Waals surface area contributed by atoms with Crippen LogP contribution in [0.5, 0.6) is 0 Å². The van der Waals surface area contributed by atoms with Crippen molar-refractivity contribution in [3.63, 3.8) is 0 Å². The summed E-state index contributed by atoms with van der Waals surface area (Å²) in [6.45, 7) is 3.99. The number of rotatable bonds is 5. The molecule has 0 bridgehead atoms. The van der Waals surface area contributed by atoms with Crippen molar-refractivity contribution in [2.24, 2.45) is 0 Å². The van der Waals surface area contributed by atoms with Crippen molar-refractivity contribution < 1.29 is 14.7 Å². The number of thiophene rings is 1. The molecule has 0 atom stereocenters. The normalized spacial score (nSPS) is 10.0. The molecule has 0 aliphatic heterocycles. The minimum Gasteiger partial charge on any atom is -0.478 e. The van der Waals surface area contributed by atoms with Gasteiger partial charge < -0.3 is 10.0 Å². The zero-order valence-electron chi connectivity index (χ0n) is 10.7. The van der Waals surface area contributed by atoms with E-state index < -0.39 is 12.0 Å². The predicted molar refractivity (Wildman–Crippen MR) is 72.4 cm³/mol. The number of urea groups is 1. The Morgan fingerprint density at radius 1 is 1.58 bits per heavy atom. The SMILES string of the molecule is CC(C)N(CCC#N)C(=O)Nc1sccc1C(=O)O. The molecule has 0 unspecified atom stereocenters. The molecule has 102 valence electrons. The summed E-state index contributed by atoms with van der Waals surface area (Å²) in [5, 5.41) is 22.0. The van der Waals surface area contributed by atoms with Crippen LogP contribution in [-0.4, -0.2) is 34.6 Å². The van der Waals surface area contributed by atoms with Crippen molar-refractivity contribution in [1.82, 2.24) is 4.90 Å². The molecule has 0 aliphatic carbocycles. The van der Waals surface area contributed by atoms with Gasteiger partial charge in [0.05, 0.1) is 18.1 Å². The highest BCUT2D eigenvalue weighted by atomic mass is 32.1. The maximum atomic E-state index is 12.1. The first-order chi connectivity index (χ1) is 8.97. The third kappa shape index (κ3) is 3.96. The Balaban J connectivity index is 2.79. The summed E-state index contributed by atoms with van der Waals surface area (Å²) in [5.41, 5.74) is 0.0716. The van der Waals surface area contributed by atoms with Gasteiger partial charge in [-0.15, -0.1) is 11.3 Å². The molecule has 1 heterocycles. The molecular formula is C12H15N3O3S. The molecule has 0 radical (unpaired) electrons. The number of anilines is 1. The van der Waals surface area contributed by atoms with Gasteiger partial charge in [-0.05, 0) is 25.3 Å². The lowest BCUT2D eigenvalue weighted by Gasteiger charge is -2.25. The summed E-state index contributed by atoms with van der Waals surface area (Å²) in [7, 11) is 0. The Bertz CT molecular complexity index is 505. The number of nitriles is 1. The molecule has 0 aliphatic rings. The van der Waals surface area contributed by atoms with Gasteiger partial charge in [0.1, 0.15) is 5.00 Å². The van der Waals surface area contributed by atoms with Gasteiger partial charge in [-0.25, -0.2) is 9.59 Å². The Kier molecular flexibility index (Phi) is 5.33. The zero-order chi connectivity index (χ0) is 14.4. The van der Waals surface area contributed by atoms with E-state index in [2.05, 4.69) is 5.32 Å². The number of hydrogen-bond acceptors (Lipinski definition) is 4. The van der Waals surface area contributed by atoms with Crippen molar-refractivity contribution in [3.8, 4) is 6.07 Å². The van der Waals surface area contributed by atoms with Gasteiger partial charge in [-0.2, -0.15) is 5.26 Å². The van der Waals surface area contributed by atoms with Crippen molar-refractivity contribution >= 4 is 28.3 Å². The van der Waals surface area contributed by atoms with E-state index >= 15 is 0 Å². The first-order valence-corrected chi connectivity index (χ1v) is 6.60. The number of carbonyl (C=O) groups excluding carboxylic acids is 1. The van der Waals surface area contributed by atoms with E-state index in [1.807, 2.05) is 19.9 Å². The van der Waals surface area contributed by atoms with Gasteiger partial charge in [0.15, 0.2) is 0 Å². The van der Waals surface area contributed by atoms with Crippen molar-refractivity contribution in [2.75, 3.05) is 11.9 Å². The molecule has 2 amide bonds. The monoisotopic (exact) mass is 281 g/mol. The van der Waals surface area contributed by atoms with Crippen LogP contribution in [0, 0.1) is 11.3 Å². The molecule has 1 aromatic rings. The quantitative estimate of drug-likeness (QED) is 0.867. The van der Waals surface area contributed by atoms with Crippen molar-refractivity contribution in [3.05, 3.63) is 17.0 Å². The van der Waals surface area contributed by atoms with Gasteiger partial charge in [0, 0.05) is 12.6 Å². The van der Waals surface area contributed by atoms with Crippen LogP contribution in [0.3, 0.4) is 0 Å². The third-order valence-electron chi connectivity index (χ3n) is 2.46. The second kappa shape index (κ2) is 6.75. The first-order valence-electron chi connectivity index (χ1n) is 5.72. The van der Waals surface area contributed by atoms with E-state index in [0.717, 1.165) is 11.3 Å². The molecule has 6 nitrogen and oxygen atoms in total. The largest absolute Gasteiger partial charge is 0.478 e. The fraction of sp³-hybridized carbons (Fsp3) is 0.417. The lowest BCUT2D eigenvalue weighted by Crippen LogP contribution is -2.40. The van der Waals surface area contributed by atoms with E-state index in [1.165, 1.54) is 11.0 Å². The number of nitrogens with zero attached hydrogens (tertiary/aromatic N) is 2. The van der Waals surface area contributed by atoms with E-state index in [0.29, 0.717) is 11.5 Å². The van der Waals surface area contributed by atoms with Crippen molar-refractivity contribution in [2.45, 2.75) is 26.3 Å². The van der Waals surface area contributed by atoms with Gasteiger partial charge in [0.25, 0.3) is 0 Å². The van der Waals surface area contributed by atoms with Crippen LogP contribution in [0.2, 0.25) is 0 Å². The van der Waals surface area contributed by atoms with Crippen LogP contribution in [0.15, 0.2) is 11.4 Å². The Hall–Kier alpha value is -2.07. The average Bonchev–Trinajstić information content (AvgIpc) is 2.77. The highest BCUT2D eigenvalue weighted by Crippen LogP contribution is 2.23. The van der Waals surface area contributed by atoms with E-state index in [-0.39, 0.29) is 18.0 Å². The Morgan fingerprint density at radius 2 is 2.26 bits per heavy atom. The molecule has 19 heavy (non-hydrogen) atoms. The number of carboxylic acid groups (broad SMARTS) is 1. The van der Waals surface area contributed by atoms with Gasteiger partial charge in [0.2, 0.25) is 0 Å². The molecule has 0 saturated carbocycles. The van der Waals surface area contributed by atoms with E-state index in [9.17, 15) is 9.59 Å². The smallest absolute Gasteiger partial charge is 0.338 e. The summed E-state index contributed by atoms with van der Waals surface area (Å²) in [6, 6.07) is 2.96. The molecule has 0 spiro atoms. The topological polar surface area (TPSA) is 93.4 Å². The Morgan fingerprint density at radius 3 is 2.79 bits per heavy atom. The number of carbonyl (C=O) groups is 2. The molecule has 1 rings (SSSR count).